The molecule has 7 heteroatoms. The van der Waals surface area contributed by atoms with Gasteiger partial charge in [-0.05, 0) is 24.6 Å². The number of nitrogens with one attached hydrogen (secondary N) is 1. The molecule has 19 heavy (non-hydrogen) atoms. The quantitative estimate of drug-likeness (QED) is 0.744. The van der Waals surface area contributed by atoms with Gasteiger partial charge in [-0.15, -0.1) is 11.8 Å². The lowest BCUT2D eigenvalue weighted by molar-refractivity contribution is -0.137. The number of carbonyl (C=O) groups excluding carboxylic acids is 1. The van der Waals surface area contributed by atoms with Crippen LogP contribution >= 0.6 is 23.4 Å². The van der Waals surface area contributed by atoms with Crippen LogP contribution in [0.25, 0.3) is 0 Å². The van der Waals surface area contributed by atoms with Gasteiger partial charge < -0.3 is 16.2 Å². The topological polar surface area (TPSA) is 92.4 Å². The number of hydrogen-bond donors (Lipinski definition) is 3. The van der Waals surface area contributed by atoms with Crippen molar-refractivity contribution in [2.45, 2.75) is 13.0 Å². The third-order valence-corrected chi connectivity index (χ3v) is 3.62. The molecule has 0 saturated heterocycles. The lowest BCUT2D eigenvalue weighted by Gasteiger charge is -2.09. The van der Waals surface area contributed by atoms with Gasteiger partial charge in [-0.25, -0.2) is 0 Å². The van der Waals surface area contributed by atoms with Crippen molar-refractivity contribution >= 4 is 40.9 Å². The molecule has 0 heterocycles. The lowest BCUT2D eigenvalue weighted by Crippen LogP contribution is -2.33. The van der Waals surface area contributed by atoms with E-state index in [1.807, 2.05) is 13.0 Å². The van der Waals surface area contributed by atoms with Crippen molar-refractivity contribution in [1.82, 2.24) is 0 Å². The number of aryl methyl sites for hydroxylation is 1. The highest BCUT2D eigenvalue weighted by Gasteiger charge is 2.12. The van der Waals surface area contributed by atoms with E-state index in [2.05, 4.69) is 5.32 Å². The summed E-state index contributed by atoms with van der Waals surface area (Å²) in [6, 6.07) is 4.27. The van der Waals surface area contributed by atoms with E-state index in [4.69, 9.17) is 22.4 Å². The Labute approximate surface area is 120 Å². The van der Waals surface area contributed by atoms with Gasteiger partial charge in [-0.2, -0.15) is 0 Å². The predicted octanol–water partition coefficient (Wildman–Crippen LogP) is 1.73. The smallest absolute Gasteiger partial charge is 0.321 e. The zero-order valence-corrected chi connectivity index (χ0v) is 11.9. The zero-order chi connectivity index (χ0) is 14.4. The number of amides is 1. The van der Waals surface area contributed by atoms with Crippen molar-refractivity contribution in [3.8, 4) is 0 Å². The van der Waals surface area contributed by atoms with Crippen LogP contribution in [0.1, 0.15) is 5.56 Å². The Morgan fingerprint density at radius 2 is 2.21 bits per heavy atom. The third-order valence-electron chi connectivity index (χ3n) is 2.32. The second-order valence-electron chi connectivity index (χ2n) is 3.97. The Bertz CT molecular complexity index is 482. The van der Waals surface area contributed by atoms with E-state index in [1.54, 1.807) is 12.1 Å². The molecule has 0 aromatic heterocycles. The molecule has 0 bridgehead atoms. The highest BCUT2D eigenvalue weighted by atomic mass is 35.5. The summed E-state index contributed by atoms with van der Waals surface area (Å²) < 4.78 is 0. The molecule has 104 valence electrons. The Morgan fingerprint density at radius 3 is 2.84 bits per heavy atom. The SMILES string of the molecule is Cc1ccc(Cl)cc1NC(=O)CSC[C@H](N)C(=O)O. The van der Waals surface area contributed by atoms with Crippen molar-refractivity contribution in [2.75, 3.05) is 16.8 Å². The molecule has 0 aliphatic carbocycles. The predicted molar refractivity (Wildman–Crippen MR) is 77.8 cm³/mol. The van der Waals surface area contributed by atoms with Gasteiger partial charge in [0.2, 0.25) is 5.91 Å². The van der Waals surface area contributed by atoms with Crippen LogP contribution in [0, 0.1) is 6.92 Å². The molecule has 0 radical (unpaired) electrons. The van der Waals surface area contributed by atoms with Crippen molar-refractivity contribution in [2.24, 2.45) is 5.73 Å². The number of carbonyl (C=O) groups is 2. The van der Waals surface area contributed by atoms with Crippen LogP contribution in [0.4, 0.5) is 5.69 Å². The number of halogens is 1. The highest BCUT2D eigenvalue weighted by molar-refractivity contribution is 8.00. The molecule has 1 aromatic rings. The van der Waals surface area contributed by atoms with Crippen LogP contribution in [0.5, 0.6) is 0 Å². The second-order valence-corrected chi connectivity index (χ2v) is 5.43. The monoisotopic (exact) mass is 302 g/mol. The molecular weight excluding hydrogens is 288 g/mol. The van der Waals surface area contributed by atoms with Crippen LogP contribution in [0.2, 0.25) is 5.02 Å². The average molecular weight is 303 g/mol. The van der Waals surface area contributed by atoms with Crippen molar-refractivity contribution < 1.29 is 14.7 Å². The summed E-state index contributed by atoms with van der Waals surface area (Å²) in [5.41, 5.74) is 6.89. The van der Waals surface area contributed by atoms with Crippen molar-refractivity contribution in [3.63, 3.8) is 0 Å². The third kappa shape index (κ3) is 5.50. The number of nitrogens with two attached hydrogens (primary N) is 1. The molecule has 0 fully saturated rings. The number of hydrogen-bond acceptors (Lipinski definition) is 4. The van der Waals surface area contributed by atoms with E-state index in [9.17, 15) is 9.59 Å². The van der Waals surface area contributed by atoms with Crippen LogP contribution in [0.3, 0.4) is 0 Å². The fourth-order valence-electron chi connectivity index (χ4n) is 1.27. The standard InChI is InChI=1S/C12H15ClN2O3S/c1-7-2-3-8(13)4-10(7)15-11(16)6-19-5-9(14)12(17)18/h2-4,9H,5-6,14H2,1H3,(H,15,16)(H,17,18)/t9-/m0/s1. The number of anilines is 1. The van der Waals surface area contributed by atoms with Crippen LogP contribution < -0.4 is 11.1 Å². The minimum atomic E-state index is -1.07. The number of benzene rings is 1. The van der Waals surface area contributed by atoms with E-state index in [1.165, 1.54) is 11.8 Å². The molecule has 1 aromatic carbocycles. The van der Waals surface area contributed by atoms with E-state index in [0.717, 1.165) is 5.56 Å². The molecule has 1 rings (SSSR count). The van der Waals surface area contributed by atoms with Gasteiger partial charge in [0.1, 0.15) is 6.04 Å². The molecule has 0 saturated carbocycles. The second kappa shape index (κ2) is 7.37. The zero-order valence-electron chi connectivity index (χ0n) is 10.4. The number of carboxylic acid groups (broad SMARTS) is 1. The minimum absolute atomic E-state index is 0.146. The van der Waals surface area contributed by atoms with Gasteiger partial charge in [-0.1, -0.05) is 17.7 Å². The summed E-state index contributed by atoms with van der Waals surface area (Å²) in [6.07, 6.45) is 0. The van der Waals surface area contributed by atoms with Crippen LogP contribution in [0.15, 0.2) is 18.2 Å². The maximum Gasteiger partial charge on any atom is 0.321 e. The van der Waals surface area contributed by atoms with Crippen molar-refractivity contribution in [1.29, 1.82) is 0 Å². The Balaban J connectivity index is 2.43. The van der Waals surface area contributed by atoms with Crippen molar-refractivity contribution in [3.05, 3.63) is 28.8 Å². The van der Waals surface area contributed by atoms with Gasteiger partial charge >= 0.3 is 5.97 Å². The number of aliphatic carboxylic acids is 1. The highest BCUT2D eigenvalue weighted by Crippen LogP contribution is 2.20. The van der Waals surface area contributed by atoms with E-state index in [0.29, 0.717) is 10.7 Å². The van der Waals surface area contributed by atoms with E-state index >= 15 is 0 Å². The summed E-state index contributed by atoms with van der Waals surface area (Å²) in [5.74, 6) is -0.948. The average Bonchev–Trinajstić information content (AvgIpc) is 2.33. The van der Waals surface area contributed by atoms with E-state index < -0.39 is 12.0 Å². The van der Waals surface area contributed by atoms with Gasteiger partial charge in [0.15, 0.2) is 0 Å². The summed E-state index contributed by atoms with van der Waals surface area (Å²) in [5, 5.41) is 11.9. The Hall–Kier alpha value is -1.24. The summed E-state index contributed by atoms with van der Waals surface area (Å²) >= 11 is 7.02. The number of carboxylic acids is 1. The van der Waals surface area contributed by atoms with Crippen LogP contribution in [-0.4, -0.2) is 34.5 Å². The van der Waals surface area contributed by atoms with Gasteiger partial charge in [0.25, 0.3) is 0 Å². The fourth-order valence-corrected chi connectivity index (χ4v) is 2.21. The Morgan fingerprint density at radius 1 is 1.53 bits per heavy atom. The molecule has 0 spiro atoms. The summed E-state index contributed by atoms with van der Waals surface area (Å²) in [4.78, 5) is 22.2. The van der Waals surface area contributed by atoms with Crippen LogP contribution in [-0.2, 0) is 9.59 Å². The van der Waals surface area contributed by atoms with Gasteiger partial charge in [0.05, 0.1) is 5.75 Å². The molecule has 4 N–H and O–H groups in total. The first-order chi connectivity index (χ1) is 8.90. The minimum Gasteiger partial charge on any atom is -0.480 e. The maximum atomic E-state index is 11.7. The normalized spacial score (nSPS) is 11.9. The summed E-state index contributed by atoms with van der Waals surface area (Å²) in [6.45, 7) is 1.86. The molecule has 1 amide bonds. The molecule has 1 atom stereocenters. The summed E-state index contributed by atoms with van der Waals surface area (Å²) in [7, 11) is 0. The van der Waals surface area contributed by atoms with Gasteiger partial charge in [0, 0.05) is 16.5 Å². The fraction of sp³-hybridized carbons (Fsp3) is 0.333. The molecule has 0 aliphatic rings. The number of rotatable bonds is 6. The maximum absolute atomic E-state index is 11.7. The van der Waals surface area contributed by atoms with Gasteiger partial charge in [-0.3, -0.25) is 9.59 Å². The first-order valence-electron chi connectivity index (χ1n) is 5.52. The number of thioether (sulfide) groups is 1. The van der Waals surface area contributed by atoms with E-state index in [-0.39, 0.29) is 17.4 Å². The Kier molecular flexibility index (Phi) is 6.14. The largest absolute Gasteiger partial charge is 0.480 e. The lowest BCUT2D eigenvalue weighted by atomic mass is 10.2. The molecular formula is C12H15ClN2O3S. The molecule has 5 nitrogen and oxygen atoms in total. The first-order valence-corrected chi connectivity index (χ1v) is 7.05. The molecule has 0 unspecified atom stereocenters. The molecule has 0 aliphatic heterocycles. The first kappa shape index (κ1) is 15.8.